The van der Waals surface area contributed by atoms with Gasteiger partial charge in [0, 0.05) is 29.6 Å². The highest BCUT2D eigenvalue weighted by molar-refractivity contribution is 7.09. The van der Waals surface area contributed by atoms with Crippen molar-refractivity contribution in [2.75, 3.05) is 13.2 Å². The maximum Gasteiger partial charge on any atom is 0.0794 e. The summed E-state index contributed by atoms with van der Waals surface area (Å²) >= 11 is 1.76. The van der Waals surface area contributed by atoms with Crippen molar-refractivity contribution in [1.29, 1.82) is 0 Å². The minimum atomic E-state index is 0.437. The van der Waals surface area contributed by atoms with Crippen LogP contribution in [-0.2, 0) is 11.2 Å². The van der Waals surface area contributed by atoms with Crippen molar-refractivity contribution in [2.45, 2.75) is 51.7 Å². The van der Waals surface area contributed by atoms with Crippen LogP contribution in [0.3, 0.4) is 0 Å². The van der Waals surface area contributed by atoms with Crippen LogP contribution in [0.25, 0.3) is 0 Å². The van der Waals surface area contributed by atoms with E-state index >= 15 is 0 Å². The van der Waals surface area contributed by atoms with Gasteiger partial charge in [-0.05, 0) is 32.2 Å². The summed E-state index contributed by atoms with van der Waals surface area (Å²) in [6.07, 6.45) is 7.03. The summed E-state index contributed by atoms with van der Waals surface area (Å²) in [4.78, 5) is 5.56. The van der Waals surface area contributed by atoms with E-state index in [1.807, 2.05) is 11.7 Å². The van der Waals surface area contributed by atoms with Gasteiger partial charge in [-0.3, -0.25) is 4.98 Å². The summed E-state index contributed by atoms with van der Waals surface area (Å²) in [5, 5.41) is 3.71. The third kappa shape index (κ3) is 3.53. The molecule has 4 heteroatoms. The van der Waals surface area contributed by atoms with Crippen molar-refractivity contribution in [3.63, 3.8) is 0 Å². The van der Waals surface area contributed by atoms with E-state index in [4.69, 9.17) is 4.74 Å². The van der Waals surface area contributed by atoms with Crippen LogP contribution in [0.5, 0.6) is 0 Å². The maximum absolute atomic E-state index is 5.84. The molecule has 0 aromatic carbocycles. The highest BCUT2D eigenvalue weighted by Gasteiger charge is 2.33. The molecule has 1 aliphatic heterocycles. The van der Waals surface area contributed by atoms with Gasteiger partial charge in [0.1, 0.15) is 0 Å². The molecule has 2 rings (SSSR count). The molecule has 0 spiro atoms. The highest BCUT2D eigenvalue weighted by Crippen LogP contribution is 2.28. The molecule has 1 aromatic heterocycles. The summed E-state index contributed by atoms with van der Waals surface area (Å²) in [5.74, 6) is 0.656. The molecule has 1 aliphatic rings. The fourth-order valence-electron chi connectivity index (χ4n) is 2.81. The fourth-order valence-corrected chi connectivity index (χ4v) is 3.46. The van der Waals surface area contributed by atoms with Crippen molar-refractivity contribution >= 4 is 11.3 Å². The Labute approximate surface area is 114 Å². The predicted molar refractivity (Wildman–Crippen MR) is 76.0 cm³/mol. The number of aromatic nitrogens is 1. The van der Waals surface area contributed by atoms with Crippen LogP contribution >= 0.6 is 11.3 Å². The molecule has 0 radical (unpaired) electrons. The van der Waals surface area contributed by atoms with Gasteiger partial charge in [0.15, 0.2) is 0 Å². The van der Waals surface area contributed by atoms with Crippen LogP contribution in [0.1, 0.15) is 38.0 Å². The second kappa shape index (κ2) is 7.22. The largest absolute Gasteiger partial charge is 0.378 e. The Kier molecular flexibility index (Phi) is 5.60. The molecule has 3 unspecified atom stereocenters. The molecule has 1 aromatic rings. The zero-order valence-corrected chi connectivity index (χ0v) is 12.2. The van der Waals surface area contributed by atoms with Crippen LogP contribution in [0.15, 0.2) is 11.7 Å². The van der Waals surface area contributed by atoms with Crippen molar-refractivity contribution in [3.05, 3.63) is 16.6 Å². The number of ether oxygens (including phenoxy) is 1. The molecule has 3 atom stereocenters. The van der Waals surface area contributed by atoms with E-state index in [9.17, 15) is 0 Å². The van der Waals surface area contributed by atoms with E-state index in [0.717, 1.165) is 26.0 Å². The summed E-state index contributed by atoms with van der Waals surface area (Å²) in [7, 11) is 0. The Morgan fingerprint density at radius 1 is 1.56 bits per heavy atom. The normalized spacial score (nSPS) is 25.4. The van der Waals surface area contributed by atoms with Gasteiger partial charge in [0.05, 0.1) is 11.6 Å². The topological polar surface area (TPSA) is 34.2 Å². The van der Waals surface area contributed by atoms with Crippen molar-refractivity contribution < 1.29 is 4.74 Å². The molecule has 1 fully saturated rings. The summed E-state index contributed by atoms with van der Waals surface area (Å²) < 4.78 is 5.84. The average Bonchev–Trinajstić information content (AvgIpc) is 3.04. The van der Waals surface area contributed by atoms with Crippen LogP contribution < -0.4 is 5.32 Å². The van der Waals surface area contributed by atoms with Crippen LogP contribution in [0.2, 0.25) is 0 Å². The molecule has 2 heterocycles. The van der Waals surface area contributed by atoms with Crippen molar-refractivity contribution in [3.8, 4) is 0 Å². The monoisotopic (exact) mass is 268 g/mol. The average molecular weight is 268 g/mol. The van der Waals surface area contributed by atoms with E-state index in [-0.39, 0.29) is 0 Å². The first kappa shape index (κ1) is 14.0. The quantitative estimate of drug-likeness (QED) is 0.825. The van der Waals surface area contributed by atoms with E-state index in [0.29, 0.717) is 18.1 Å². The Morgan fingerprint density at radius 3 is 3.11 bits per heavy atom. The lowest BCUT2D eigenvalue weighted by Crippen LogP contribution is -2.41. The Balaban J connectivity index is 1.99. The molecule has 18 heavy (non-hydrogen) atoms. The number of nitrogens with zero attached hydrogens (tertiary/aromatic N) is 1. The smallest absolute Gasteiger partial charge is 0.0794 e. The molecule has 1 saturated heterocycles. The molecule has 0 aliphatic carbocycles. The van der Waals surface area contributed by atoms with Crippen molar-refractivity contribution in [2.24, 2.45) is 5.92 Å². The standard InChI is InChI=1S/C14H24N2OS/c1-3-6-16-13(8-11-9-15-10-18-11)12-5-7-17-14(12)4-2/h9-10,12-14,16H,3-8H2,1-2H3. The van der Waals surface area contributed by atoms with Gasteiger partial charge < -0.3 is 10.1 Å². The summed E-state index contributed by atoms with van der Waals surface area (Å²) in [6.45, 7) is 6.47. The lowest BCUT2D eigenvalue weighted by atomic mass is 9.89. The van der Waals surface area contributed by atoms with Gasteiger partial charge in [-0.2, -0.15) is 0 Å². The molecule has 0 amide bonds. The number of hydrogen-bond donors (Lipinski definition) is 1. The minimum absolute atomic E-state index is 0.437. The Hall–Kier alpha value is -0.450. The molecule has 3 nitrogen and oxygen atoms in total. The predicted octanol–water partition coefficient (Wildman–Crippen LogP) is 2.87. The number of nitrogens with one attached hydrogen (secondary N) is 1. The minimum Gasteiger partial charge on any atom is -0.378 e. The van der Waals surface area contributed by atoms with E-state index in [1.54, 1.807) is 11.3 Å². The lowest BCUT2D eigenvalue weighted by molar-refractivity contribution is 0.0775. The van der Waals surface area contributed by atoms with E-state index in [1.165, 1.54) is 17.7 Å². The molecule has 0 bridgehead atoms. The SMILES string of the molecule is CCCNC(Cc1cncs1)C1CCOC1CC. The zero-order valence-electron chi connectivity index (χ0n) is 11.4. The molecular weight excluding hydrogens is 244 g/mol. The second-order valence-electron chi connectivity index (χ2n) is 5.00. The summed E-state index contributed by atoms with van der Waals surface area (Å²) in [5.41, 5.74) is 1.93. The van der Waals surface area contributed by atoms with Gasteiger partial charge in [0.2, 0.25) is 0 Å². The molecule has 0 saturated carbocycles. The first-order valence-electron chi connectivity index (χ1n) is 7.07. The first-order chi connectivity index (χ1) is 8.85. The van der Waals surface area contributed by atoms with Crippen LogP contribution in [-0.4, -0.2) is 30.3 Å². The summed E-state index contributed by atoms with van der Waals surface area (Å²) in [6, 6.07) is 0.540. The number of thiazole rings is 1. The first-order valence-corrected chi connectivity index (χ1v) is 7.95. The Morgan fingerprint density at radius 2 is 2.44 bits per heavy atom. The third-order valence-electron chi connectivity index (χ3n) is 3.74. The highest BCUT2D eigenvalue weighted by atomic mass is 32.1. The number of hydrogen-bond acceptors (Lipinski definition) is 4. The number of rotatable bonds is 7. The molecule has 1 N–H and O–H groups in total. The van der Waals surface area contributed by atoms with Crippen LogP contribution in [0.4, 0.5) is 0 Å². The van der Waals surface area contributed by atoms with Gasteiger partial charge >= 0.3 is 0 Å². The van der Waals surface area contributed by atoms with E-state index < -0.39 is 0 Å². The third-order valence-corrected chi connectivity index (χ3v) is 4.54. The van der Waals surface area contributed by atoms with E-state index in [2.05, 4.69) is 24.1 Å². The second-order valence-corrected chi connectivity index (χ2v) is 5.97. The van der Waals surface area contributed by atoms with Gasteiger partial charge in [-0.15, -0.1) is 11.3 Å². The molecule has 102 valence electrons. The lowest BCUT2D eigenvalue weighted by Gasteiger charge is -2.27. The van der Waals surface area contributed by atoms with Crippen LogP contribution in [0, 0.1) is 5.92 Å². The molecular formula is C14H24N2OS. The van der Waals surface area contributed by atoms with Crippen molar-refractivity contribution in [1.82, 2.24) is 10.3 Å². The fraction of sp³-hybridized carbons (Fsp3) is 0.786. The van der Waals surface area contributed by atoms with Gasteiger partial charge in [0.25, 0.3) is 0 Å². The van der Waals surface area contributed by atoms with Gasteiger partial charge in [-0.25, -0.2) is 0 Å². The maximum atomic E-state index is 5.84. The Bertz CT molecular complexity index is 329. The zero-order chi connectivity index (χ0) is 12.8. The van der Waals surface area contributed by atoms with Gasteiger partial charge in [-0.1, -0.05) is 13.8 Å².